The van der Waals surface area contributed by atoms with E-state index in [9.17, 15) is 0 Å². The SMILES string of the molecule is COc1ccc(NC(C)c2ccccc2)cc1OCCO. The lowest BCUT2D eigenvalue weighted by atomic mass is 10.1. The molecule has 0 radical (unpaired) electrons. The van der Waals surface area contributed by atoms with E-state index in [0.717, 1.165) is 5.69 Å². The zero-order valence-corrected chi connectivity index (χ0v) is 12.4. The Bertz CT molecular complexity index is 557. The lowest BCUT2D eigenvalue weighted by Crippen LogP contribution is -2.07. The highest BCUT2D eigenvalue weighted by Crippen LogP contribution is 2.31. The number of benzene rings is 2. The van der Waals surface area contributed by atoms with Crippen LogP contribution in [-0.2, 0) is 0 Å². The Morgan fingerprint density at radius 1 is 1.10 bits per heavy atom. The molecule has 2 aromatic carbocycles. The van der Waals surface area contributed by atoms with Crippen LogP contribution in [-0.4, -0.2) is 25.4 Å². The molecule has 0 heterocycles. The molecular weight excluding hydrogens is 266 g/mol. The van der Waals surface area contributed by atoms with Gasteiger partial charge in [0.05, 0.1) is 13.7 Å². The van der Waals surface area contributed by atoms with Gasteiger partial charge in [-0.2, -0.15) is 0 Å². The van der Waals surface area contributed by atoms with Gasteiger partial charge in [0.2, 0.25) is 0 Å². The Hall–Kier alpha value is -2.20. The van der Waals surface area contributed by atoms with Crippen LogP contribution >= 0.6 is 0 Å². The molecule has 21 heavy (non-hydrogen) atoms. The first-order chi connectivity index (χ1) is 10.2. The summed E-state index contributed by atoms with van der Waals surface area (Å²) in [5.74, 6) is 1.28. The van der Waals surface area contributed by atoms with Crippen LogP contribution in [0.2, 0.25) is 0 Å². The first-order valence-corrected chi connectivity index (χ1v) is 6.97. The van der Waals surface area contributed by atoms with Gasteiger partial charge in [0.15, 0.2) is 11.5 Å². The Kier molecular flexibility index (Phi) is 5.46. The van der Waals surface area contributed by atoms with E-state index in [-0.39, 0.29) is 19.3 Å². The lowest BCUT2D eigenvalue weighted by Gasteiger charge is -2.17. The molecule has 2 rings (SSSR count). The fraction of sp³-hybridized carbons (Fsp3) is 0.294. The van der Waals surface area contributed by atoms with Crippen LogP contribution in [0, 0.1) is 0 Å². The predicted molar refractivity (Wildman–Crippen MR) is 84.1 cm³/mol. The summed E-state index contributed by atoms with van der Waals surface area (Å²) in [4.78, 5) is 0. The van der Waals surface area contributed by atoms with Crippen molar-refractivity contribution >= 4 is 5.69 Å². The zero-order chi connectivity index (χ0) is 15.1. The van der Waals surface area contributed by atoms with Crippen LogP contribution in [0.4, 0.5) is 5.69 Å². The average Bonchev–Trinajstić information content (AvgIpc) is 2.54. The molecule has 0 amide bonds. The maximum atomic E-state index is 8.87. The molecule has 0 fully saturated rings. The molecule has 1 atom stereocenters. The maximum Gasteiger partial charge on any atom is 0.163 e. The second kappa shape index (κ2) is 7.55. The van der Waals surface area contributed by atoms with Gasteiger partial charge in [0.25, 0.3) is 0 Å². The van der Waals surface area contributed by atoms with Crippen LogP contribution in [0.25, 0.3) is 0 Å². The molecule has 0 aliphatic rings. The van der Waals surface area contributed by atoms with Crippen molar-refractivity contribution < 1.29 is 14.6 Å². The molecule has 2 aromatic rings. The summed E-state index contributed by atoms with van der Waals surface area (Å²) in [6.45, 7) is 2.32. The molecule has 112 valence electrons. The Balaban J connectivity index is 2.12. The van der Waals surface area contributed by atoms with Crippen molar-refractivity contribution in [2.45, 2.75) is 13.0 Å². The van der Waals surface area contributed by atoms with E-state index in [2.05, 4.69) is 24.4 Å². The van der Waals surface area contributed by atoms with Crippen molar-refractivity contribution in [1.82, 2.24) is 0 Å². The van der Waals surface area contributed by atoms with E-state index in [1.165, 1.54) is 5.56 Å². The quantitative estimate of drug-likeness (QED) is 0.821. The molecule has 1 unspecified atom stereocenters. The van der Waals surface area contributed by atoms with E-state index in [0.29, 0.717) is 11.5 Å². The smallest absolute Gasteiger partial charge is 0.163 e. The Morgan fingerprint density at radius 3 is 2.52 bits per heavy atom. The number of hydrogen-bond donors (Lipinski definition) is 2. The molecule has 0 aromatic heterocycles. The van der Waals surface area contributed by atoms with E-state index in [4.69, 9.17) is 14.6 Å². The van der Waals surface area contributed by atoms with Crippen LogP contribution in [0.1, 0.15) is 18.5 Å². The number of methoxy groups -OCH3 is 1. The highest BCUT2D eigenvalue weighted by Gasteiger charge is 2.09. The topological polar surface area (TPSA) is 50.7 Å². The third-order valence-electron chi connectivity index (χ3n) is 3.20. The van der Waals surface area contributed by atoms with Gasteiger partial charge in [-0.05, 0) is 24.6 Å². The lowest BCUT2D eigenvalue weighted by molar-refractivity contribution is 0.196. The minimum absolute atomic E-state index is 0.0266. The van der Waals surface area contributed by atoms with Gasteiger partial charge >= 0.3 is 0 Å². The molecular formula is C17H21NO3. The molecule has 0 aliphatic heterocycles. The molecule has 0 bridgehead atoms. The molecule has 4 nitrogen and oxygen atoms in total. The first kappa shape index (κ1) is 15.2. The Labute approximate surface area is 125 Å². The second-order valence-corrected chi connectivity index (χ2v) is 4.71. The number of ether oxygens (including phenoxy) is 2. The predicted octanol–water partition coefficient (Wildman–Crippen LogP) is 3.24. The molecule has 4 heteroatoms. The molecule has 0 saturated carbocycles. The number of anilines is 1. The fourth-order valence-electron chi connectivity index (χ4n) is 2.11. The van der Waals surface area contributed by atoms with Crippen molar-refractivity contribution in [3.63, 3.8) is 0 Å². The van der Waals surface area contributed by atoms with Crippen molar-refractivity contribution in [2.75, 3.05) is 25.6 Å². The Morgan fingerprint density at radius 2 is 1.86 bits per heavy atom. The number of hydrogen-bond acceptors (Lipinski definition) is 4. The summed E-state index contributed by atoms with van der Waals surface area (Å²) in [5.41, 5.74) is 2.16. The maximum absolute atomic E-state index is 8.87. The van der Waals surface area contributed by atoms with Gasteiger partial charge in [0, 0.05) is 17.8 Å². The van der Waals surface area contributed by atoms with Gasteiger partial charge in [0.1, 0.15) is 6.61 Å². The second-order valence-electron chi connectivity index (χ2n) is 4.71. The zero-order valence-electron chi connectivity index (χ0n) is 12.4. The summed E-state index contributed by atoms with van der Waals surface area (Å²) in [5, 5.41) is 12.3. The summed E-state index contributed by atoms with van der Waals surface area (Å²) in [6, 6.07) is 16.1. The van der Waals surface area contributed by atoms with Crippen molar-refractivity contribution in [1.29, 1.82) is 0 Å². The van der Waals surface area contributed by atoms with Gasteiger partial charge < -0.3 is 19.9 Å². The highest BCUT2D eigenvalue weighted by atomic mass is 16.5. The highest BCUT2D eigenvalue weighted by molar-refractivity contribution is 5.55. The van der Waals surface area contributed by atoms with Crippen LogP contribution < -0.4 is 14.8 Å². The minimum atomic E-state index is -0.0266. The number of nitrogens with one attached hydrogen (secondary N) is 1. The van der Waals surface area contributed by atoms with Gasteiger partial charge in [-0.25, -0.2) is 0 Å². The standard InChI is InChI=1S/C17H21NO3/c1-13(14-6-4-3-5-7-14)18-15-8-9-16(20-2)17(12-15)21-11-10-19/h3-9,12-13,18-19H,10-11H2,1-2H3. The van der Waals surface area contributed by atoms with Crippen LogP contribution in [0.3, 0.4) is 0 Å². The van der Waals surface area contributed by atoms with Gasteiger partial charge in [-0.3, -0.25) is 0 Å². The van der Waals surface area contributed by atoms with Crippen molar-refractivity contribution in [2.24, 2.45) is 0 Å². The van der Waals surface area contributed by atoms with Crippen molar-refractivity contribution in [3.05, 3.63) is 54.1 Å². The number of aliphatic hydroxyl groups is 1. The summed E-state index contributed by atoms with van der Waals surface area (Å²) in [6.07, 6.45) is 0. The minimum Gasteiger partial charge on any atom is -0.493 e. The molecule has 0 spiro atoms. The third-order valence-corrected chi connectivity index (χ3v) is 3.20. The molecule has 2 N–H and O–H groups in total. The van der Waals surface area contributed by atoms with E-state index in [1.54, 1.807) is 7.11 Å². The van der Waals surface area contributed by atoms with Crippen LogP contribution in [0.5, 0.6) is 11.5 Å². The normalized spacial score (nSPS) is 11.8. The molecule has 0 aliphatic carbocycles. The van der Waals surface area contributed by atoms with E-state index >= 15 is 0 Å². The average molecular weight is 287 g/mol. The third kappa shape index (κ3) is 4.13. The fourth-order valence-corrected chi connectivity index (χ4v) is 2.11. The van der Waals surface area contributed by atoms with Gasteiger partial charge in [-0.15, -0.1) is 0 Å². The summed E-state index contributed by atoms with van der Waals surface area (Å²) in [7, 11) is 1.60. The number of aliphatic hydroxyl groups excluding tert-OH is 1. The van der Waals surface area contributed by atoms with E-state index in [1.807, 2.05) is 36.4 Å². The van der Waals surface area contributed by atoms with Crippen LogP contribution in [0.15, 0.2) is 48.5 Å². The summed E-state index contributed by atoms with van der Waals surface area (Å²) < 4.78 is 10.7. The van der Waals surface area contributed by atoms with Crippen molar-refractivity contribution in [3.8, 4) is 11.5 Å². The molecule has 0 saturated heterocycles. The first-order valence-electron chi connectivity index (χ1n) is 6.97. The van der Waals surface area contributed by atoms with E-state index < -0.39 is 0 Å². The monoisotopic (exact) mass is 287 g/mol. The largest absolute Gasteiger partial charge is 0.493 e. The summed E-state index contributed by atoms with van der Waals surface area (Å²) >= 11 is 0. The number of rotatable bonds is 7. The van der Waals surface area contributed by atoms with Gasteiger partial charge in [-0.1, -0.05) is 30.3 Å².